The molecule has 2 aromatic carbocycles. The summed E-state index contributed by atoms with van der Waals surface area (Å²) in [5.74, 6) is 0.113. The first-order chi connectivity index (χ1) is 19.3. The summed E-state index contributed by atoms with van der Waals surface area (Å²) < 4.78 is 48.0. The van der Waals surface area contributed by atoms with E-state index in [1.807, 2.05) is 13.0 Å². The van der Waals surface area contributed by atoms with Gasteiger partial charge in [-0.05, 0) is 50.1 Å². The number of aromatic nitrogens is 3. The molecular weight excluding hydrogens is 535 g/mol. The second kappa shape index (κ2) is 9.95. The third kappa shape index (κ3) is 4.54. The van der Waals surface area contributed by atoms with Crippen LogP contribution in [0.25, 0.3) is 44.0 Å². The zero-order valence-electron chi connectivity index (χ0n) is 21.6. The Labute approximate surface area is 229 Å². The van der Waals surface area contributed by atoms with Crippen LogP contribution in [0.2, 0.25) is 0 Å². The van der Waals surface area contributed by atoms with Gasteiger partial charge in [-0.3, -0.25) is 9.78 Å². The zero-order chi connectivity index (χ0) is 28.0. The molecule has 0 saturated heterocycles. The quantitative estimate of drug-likeness (QED) is 0.250. The van der Waals surface area contributed by atoms with Crippen molar-refractivity contribution in [1.82, 2.24) is 14.5 Å². The summed E-state index contributed by atoms with van der Waals surface area (Å²) in [6.07, 6.45) is 7.73. The van der Waals surface area contributed by atoms with Crippen LogP contribution in [0, 0.1) is 11.3 Å². The Morgan fingerprint density at radius 3 is 2.65 bits per heavy atom. The number of nitrogens with zero attached hydrogens (tertiary/aromatic N) is 3. The average molecular weight is 561 g/mol. The molecule has 11 heteroatoms. The molecule has 0 amide bonds. The molecule has 0 radical (unpaired) electrons. The van der Waals surface area contributed by atoms with E-state index >= 15 is 0 Å². The van der Waals surface area contributed by atoms with Crippen molar-refractivity contribution in [3.05, 3.63) is 64.6 Å². The van der Waals surface area contributed by atoms with Gasteiger partial charge < -0.3 is 18.5 Å². The highest BCUT2D eigenvalue weighted by molar-refractivity contribution is 7.81. The lowest BCUT2D eigenvalue weighted by molar-refractivity contribution is 0.342. The molecule has 3 aromatic heterocycles. The molecule has 0 atom stereocenters. The van der Waals surface area contributed by atoms with Crippen molar-refractivity contribution in [1.29, 1.82) is 5.26 Å². The van der Waals surface area contributed by atoms with Crippen molar-refractivity contribution in [2.45, 2.75) is 45.1 Å². The number of fused-ring (bicyclic) bond motifs is 4. The number of hydrogen-bond donors (Lipinski definition) is 1. The second-order valence-corrected chi connectivity index (χ2v) is 10.8. The number of ether oxygens (including phenoxy) is 1. The average Bonchev–Trinajstić information content (AvgIpc) is 3.31. The molecule has 5 aromatic rings. The van der Waals surface area contributed by atoms with E-state index in [0.29, 0.717) is 56.5 Å². The number of aromatic amines is 1. The molecule has 1 fully saturated rings. The molecule has 3 heterocycles. The van der Waals surface area contributed by atoms with Crippen LogP contribution in [0.1, 0.15) is 50.6 Å². The maximum atomic E-state index is 14.1. The Morgan fingerprint density at radius 2 is 1.93 bits per heavy atom. The van der Waals surface area contributed by atoms with Gasteiger partial charge in [0.15, 0.2) is 11.2 Å². The van der Waals surface area contributed by atoms with Gasteiger partial charge in [0.2, 0.25) is 0 Å². The van der Waals surface area contributed by atoms with Gasteiger partial charge in [0.05, 0.1) is 40.7 Å². The fourth-order valence-electron chi connectivity index (χ4n) is 5.81. The van der Waals surface area contributed by atoms with Crippen molar-refractivity contribution >= 4 is 43.3 Å². The van der Waals surface area contributed by atoms with E-state index in [0.717, 1.165) is 43.7 Å². The summed E-state index contributed by atoms with van der Waals surface area (Å²) in [4.78, 5) is 21.5. The molecule has 0 spiro atoms. The van der Waals surface area contributed by atoms with Crippen LogP contribution in [0.5, 0.6) is 11.5 Å². The second-order valence-electron chi connectivity index (χ2n) is 9.90. The molecular formula is C29H25FN4O5S. The number of nitrogens with one attached hydrogen (secondary N) is 1. The number of pyridine rings is 2. The van der Waals surface area contributed by atoms with E-state index in [1.54, 1.807) is 24.3 Å². The van der Waals surface area contributed by atoms with Gasteiger partial charge in [-0.2, -0.15) is 13.7 Å². The zero-order valence-corrected chi connectivity index (χ0v) is 22.4. The lowest BCUT2D eigenvalue weighted by Gasteiger charge is -2.27. The Hall–Kier alpha value is -4.43. The van der Waals surface area contributed by atoms with Crippen LogP contribution in [0.4, 0.5) is 3.89 Å². The van der Waals surface area contributed by atoms with E-state index in [1.165, 1.54) is 12.3 Å². The fourth-order valence-corrected chi connectivity index (χ4v) is 6.13. The number of benzene rings is 2. The minimum Gasteiger partial charge on any atom is -0.493 e. The predicted molar refractivity (Wildman–Crippen MR) is 149 cm³/mol. The minimum atomic E-state index is -5.24. The van der Waals surface area contributed by atoms with Crippen LogP contribution in [0.3, 0.4) is 0 Å². The topological polar surface area (TPSA) is 127 Å². The highest BCUT2D eigenvalue weighted by Crippen LogP contribution is 2.40. The van der Waals surface area contributed by atoms with Crippen molar-refractivity contribution in [3.8, 4) is 28.7 Å². The maximum Gasteiger partial charge on any atom is 0.488 e. The molecule has 1 N–H and O–H groups in total. The number of rotatable bonds is 6. The van der Waals surface area contributed by atoms with Crippen molar-refractivity contribution in [2.24, 2.45) is 0 Å². The summed E-state index contributed by atoms with van der Waals surface area (Å²) in [6.45, 7) is 2.13. The molecule has 0 aliphatic heterocycles. The maximum absolute atomic E-state index is 14.1. The summed E-state index contributed by atoms with van der Waals surface area (Å²) in [5, 5.41) is 11.2. The monoisotopic (exact) mass is 560 g/mol. The van der Waals surface area contributed by atoms with Crippen molar-refractivity contribution < 1.29 is 21.2 Å². The van der Waals surface area contributed by atoms with E-state index < -0.39 is 10.5 Å². The Bertz CT molecular complexity index is 2000. The number of hydrogen-bond acceptors (Lipinski definition) is 7. The van der Waals surface area contributed by atoms with Gasteiger partial charge >= 0.3 is 10.5 Å². The standard InChI is InChI=1S/C29H25FN4O5S/c1-2-38-26-13-23-25(12-22(26)18-11-20(16-32-15-18)39-40(30,36)37)34(19-6-4-3-5-7-19)29-27(28(23)35)21-9-8-17(14-31)10-24(21)33-29/h8-13,15-16,19,33H,2-7H2,1H3. The van der Waals surface area contributed by atoms with E-state index in [2.05, 4.69) is 24.8 Å². The predicted octanol–water partition coefficient (Wildman–Crippen LogP) is 6.07. The summed E-state index contributed by atoms with van der Waals surface area (Å²) in [7, 11) is -5.24. The fraction of sp³-hybridized carbons (Fsp3) is 0.276. The van der Waals surface area contributed by atoms with Crippen LogP contribution in [-0.2, 0) is 10.5 Å². The Balaban J connectivity index is 1.70. The normalized spacial score (nSPS) is 14.5. The van der Waals surface area contributed by atoms with Gasteiger partial charge in [0.25, 0.3) is 0 Å². The van der Waals surface area contributed by atoms with Crippen LogP contribution >= 0.6 is 0 Å². The molecule has 204 valence electrons. The van der Waals surface area contributed by atoms with Gasteiger partial charge in [0, 0.05) is 34.3 Å². The Morgan fingerprint density at radius 1 is 1.12 bits per heavy atom. The third-order valence-electron chi connectivity index (χ3n) is 7.44. The molecule has 40 heavy (non-hydrogen) atoms. The van der Waals surface area contributed by atoms with Gasteiger partial charge in [0.1, 0.15) is 11.4 Å². The molecule has 0 bridgehead atoms. The highest BCUT2D eigenvalue weighted by Gasteiger charge is 2.25. The van der Waals surface area contributed by atoms with Crippen molar-refractivity contribution in [2.75, 3.05) is 6.61 Å². The van der Waals surface area contributed by atoms with Gasteiger partial charge in [-0.1, -0.05) is 29.2 Å². The minimum absolute atomic E-state index is 0.123. The molecule has 9 nitrogen and oxygen atoms in total. The first kappa shape index (κ1) is 25.8. The lowest BCUT2D eigenvalue weighted by atomic mass is 9.94. The van der Waals surface area contributed by atoms with Gasteiger partial charge in [-0.25, -0.2) is 0 Å². The van der Waals surface area contributed by atoms with E-state index in [-0.39, 0.29) is 17.2 Å². The first-order valence-electron chi connectivity index (χ1n) is 13.1. The highest BCUT2D eigenvalue weighted by atomic mass is 32.3. The molecule has 1 saturated carbocycles. The smallest absolute Gasteiger partial charge is 0.488 e. The molecule has 0 unspecified atom stereocenters. The van der Waals surface area contributed by atoms with Crippen LogP contribution < -0.4 is 14.3 Å². The van der Waals surface area contributed by atoms with E-state index in [4.69, 9.17) is 4.74 Å². The SMILES string of the molecule is CCOc1cc2c(=O)c3c4ccc(C#N)cc4[nH]c3n(C3CCCCC3)c2cc1-c1cncc(OS(=O)(=O)F)c1. The van der Waals surface area contributed by atoms with Gasteiger partial charge in [-0.15, -0.1) is 0 Å². The number of nitriles is 1. The first-order valence-corrected chi connectivity index (χ1v) is 14.4. The summed E-state index contributed by atoms with van der Waals surface area (Å²) in [6, 6.07) is 12.4. The molecule has 6 rings (SSSR count). The largest absolute Gasteiger partial charge is 0.493 e. The third-order valence-corrected chi connectivity index (χ3v) is 7.83. The van der Waals surface area contributed by atoms with Crippen LogP contribution in [-0.4, -0.2) is 29.6 Å². The summed E-state index contributed by atoms with van der Waals surface area (Å²) in [5.41, 5.74) is 3.38. The van der Waals surface area contributed by atoms with Crippen LogP contribution in [0.15, 0.2) is 53.6 Å². The number of H-pyrrole nitrogens is 1. The summed E-state index contributed by atoms with van der Waals surface area (Å²) >= 11 is 0. The van der Waals surface area contributed by atoms with Crippen molar-refractivity contribution in [3.63, 3.8) is 0 Å². The lowest BCUT2D eigenvalue weighted by Crippen LogP contribution is -2.18. The van der Waals surface area contributed by atoms with E-state index in [9.17, 15) is 22.4 Å². The Kier molecular flexibility index (Phi) is 6.43. The molecule has 1 aliphatic carbocycles. The molecule has 1 aliphatic rings. The number of halogens is 1.